The molecule has 1 fully saturated rings. The van der Waals surface area contributed by atoms with Crippen molar-refractivity contribution in [1.29, 1.82) is 0 Å². The van der Waals surface area contributed by atoms with E-state index in [1.807, 2.05) is 6.92 Å². The molecule has 14 heteroatoms. The Kier molecular flexibility index (Phi) is 27.2. The first-order valence-electron chi connectivity index (χ1n) is 20.1. The lowest BCUT2D eigenvalue weighted by molar-refractivity contribution is -0.220. The van der Waals surface area contributed by atoms with Gasteiger partial charge in [-0.1, -0.05) is 149 Å². The van der Waals surface area contributed by atoms with E-state index < -0.39 is 75.2 Å². The molecular weight excluding hydrogens is 681 g/mol. The summed E-state index contributed by atoms with van der Waals surface area (Å²) in [5, 5.41) is 73.5. The summed E-state index contributed by atoms with van der Waals surface area (Å²) in [6, 6.07) is -1.14. The molecule has 0 aromatic rings. The van der Waals surface area contributed by atoms with E-state index >= 15 is 0 Å². The quantitative estimate of drug-likeness (QED) is 0.0330. The number of rotatable bonds is 32. The molecule has 13 nitrogen and oxygen atoms in total. The Hall–Kier alpha value is -0.700. The molecule has 0 heterocycles. The highest BCUT2D eigenvalue weighted by Gasteiger charge is 2.51. The molecule has 0 spiro atoms. The van der Waals surface area contributed by atoms with Crippen LogP contribution < -0.4 is 5.32 Å². The highest BCUT2D eigenvalue weighted by molar-refractivity contribution is 7.47. The number of unbranched alkanes of at least 4 members (excludes halogenated alkanes) is 19. The molecule has 1 aliphatic rings. The van der Waals surface area contributed by atoms with Gasteiger partial charge in [-0.25, -0.2) is 4.57 Å². The number of phosphoric acid groups is 1. The summed E-state index contributed by atoms with van der Waals surface area (Å²) < 4.78 is 22.5. The van der Waals surface area contributed by atoms with Crippen LogP contribution in [-0.4, -0.2) is 108 Å². The van der Waals surface area contributed by atoms with Gasteiger partial charge in [-0.2, -0.15) is 0 Å². The molecule has 0 aliphatic heterocycles. The number of phosphoric ester groups is 1. The lowest BCUT2D eigenvalue weighted by Gasteiger charge is -2.41. The number of aliphatic hydroxyl groups is 7. The summed E-state index contributed by atoms with van der Waals surface area (Å²) in [6.45, 7) is 3.55. The normalized spacial score (nSPS) is 25.3. The molecule has 304 valence electrons. The number of carbonyl (C=O) groups excluding carboxylic acids is 1. The second kappa shape index (κ2) is 28.7. The molecule has 0 saturated heterocycles. The van der Waals surface area contributed by atoms with Crippen LogP contribution in [0.15, 0.2) is 0 Å². The van der Waals surface area contributed by atoms with Crippen molar-refractivity contribution in [1.82, 2.24) is 5.32 Å². The minimum Gasteiger partial charge on any atom is -0.393 e. The Bertz CT molecular complexity index is 901. The van der Waals surface area contributed by atoms with Crippen molar-refractivity contribution in [2.45, 2.75) is 223 Å². The Morgan fingerprint density at radius 2 is 0.980 bits per heavy atom. The van der Waals surface area contributed by atoms with Gasteiger partial charge >= 0.3 is 7.82 Å². The van der Waals surface area contributed by atoms with Crippen LogP contribution in [0.1, 0.15) is 168 Å². The molecule has 0 aromatic carbocycles. The third-order valence-electron chi connectivity index (χ3n) is 9.97. The number of nitrogens with one attached hydrogen (secondary N) is 1. The molecule has 8 atom stereocenters. The maximum absolute atomic E-state index is 12.8. The van der Waals surface area contributed by atoms with Crippen molar-refractivity contribution in [3.8, 4) is 0 Å². The zero-order chi connectivity index (χ0) is 38.1. The van der Waals surface area contributed by atoms with Crippen LogP contribution in [0.25, 0.3) is 0 Å². The molecule has 8 unspecified atom stereocenters. The molecular formula is C37H74NO12P. The summed E-state index contributed by atoms with van der Waals surface area (Å²) in [4.78, 5) is 23.0. The second-order valence-electron chi connectivity index (χ2n) is 14.7. The fraction of sp³-hybridized carbons (Fsp3) is 0.973. The summed E-state index contributed by atoms with van der Waals surface area (Å²) >= 11 is 0. The largest absolute Gasteiger partial charge is 0.472 e. The third-order valence-corrected chi connectivity index (χ3v) is 11.0. The first-order valence-corrected chi connectivity index (χ1v) is 21.6. The van der Waals surface area contributed by atoms with Gasteiger partial charge in [0.15, 0.2) is 0 Å². The molecule has 1 saturated carbocycles. The van der Waals surface area contributed by atoms with Crippen molar-refractivity contribution < 1.29 is 59.0 Å². The maximum atomic E-state index is 12.8. The number of aliphatic hydroxyl groups excluding tert-OH is 7. The Morgan fingerprint density at radius 3 is 1.43 bits per heavy atom. The van der Waals surface area contributed by atoms with Crippen LogP contribution in [0.4, 0.5) is 0 Å². The van der Waals surface area contributed by atoms with Gasteiger partial charge < -0.3 is 46.0 Å². The number of carbonyl (C=O) groups is 1. The predicted molar refractivity (Wildman–Crippen MR) is 197 cm³/mol. The molecule has 1 rings (SSSR count). The molecule has 0 bridgehead atoms. The highest BCUT2D eigenvalue weighted by atomic mass is 31.2. The van der Waals surface area contributed by atoms with Crippen LogP contribution in [0, 0.1) is 0 Å². The Balaban J connectivity index is 2.33. The maximum Gasteiger partial charge on any atom is 0.472 e. The lowest BCUT2D eigenvalue weighted by atomic mass is 9.85. The van der Waals surface area contributed by atoms with Gasteiger partial charge in [0.05, 0.1) is 31.3 Å². The topological polar surface area (TPSA) is 226 Å². The molecule has 0 aromatic heterocycles. The average molecular weight is 756 g/mol. The van der Waals surface area contributed by atoms with Gasteiger partial charge in [-0.3, -0.25) is 13.8 Å². The van der Waals surface area contributed by atoms with Crippen LogP contribution in [0.5, 0.6) is 0 Å². The average Bonchev–Trinajstić information content (AvgIpc) is 3.09. The SMILES string of the molecule is CCCCCCCCCCCCCCCCCCCCC(O)CC(=O)NC(COP(=O)(O)OC1C(O)C(O)C(O)C(O)C1O)C(O)CCCCC. The summed E-state index contributed by atoms with van der Waals surface area (Å²) in [7, 11) is -5.08. The van der Waals surface area contributed by atoms with Crippen molar-refractivity contribution >= 4 is 13.7 Å². The van der Waals surface area contributed by atoms with Crippen molar-refractivity contribution in [3.63, 3.8) is 0 Å². The first-order chi connectivity index (χ1) is 24.3. The predicted octanol–water partition coefficient (Wildman–Crippen LogP) is 4.92. The fourth-order valence-corrected chi connectivity index (χ4v) is 7.56. The van der Waals surface area contributed by atoms with E-state index in [9.17, 15) is 50.0 Å². The fourth-order valence-electron chi connectivity index (χ4n) is 6.60. The van der Waals surface area contributed by atoms with E-state index in [2.05, 4.69) is 12.2 Å². The number of hydrogen-bond acceptors (Lipinski definition) is 11. The van der Waals surface area contributed by atoms with E-state index in [1.165, 1.54) is 89.9 Å². The molecule has 1 amide bonds. The summed E-state index contributed by atoms with van der Waals surface area (Å²) in [5.74, 6) is -0.569. The lowest BCUT2D eigenvalue weighted by Crippen LogP contribution is -2.64. The Labute approximate surface area is 307 Å². The zero-order valence-corrected chi connectivity index (χ0v) is 32.4. The van der Waals surface area contributed by atoms with Crippen LogP contribution >= 0.6 is 7.82 Å². The molecule has 9 N–H and O–H groups in total. The van der Waals surface area contributed by atoms with Gasteiger partial charge in [0, 0.05) is 0 Å². The summed E-state index contributed by atoms with van der Waals surface area (Å²) in [5.41, 5.74) is 0. The van der Waals surface area contributed by atoms with Crippen molar-refractivity contribution in [2.24, 2.45) is 0 Å². The van der Waals surface area contributed by atoms with Crippen molar-refractivity contribution in [2.75, 3.05) is 6.61 Å². The minimum absolute atomic E-state index is 0.219. The van der Waals surface area contributed by atoms with E-state index in [4.69, 9.17) is 9.05 Å². The van der Waals surface area contributed by atoms with Crippen LogP contribution in [-0.2, 0) is 18.4 Å². The van der Waals surface area contributed by atoms with Crippen molar-refractivity contribution in [3.05, 3.63) is 0 Å². The first kappa shape index (κ1) is 48.3. The number of amides is 1. The van der Waals surface area contributed by atoms with Crippen LogP contribution in [0.3, 0.4) is 0 Å². The zero-order valence-electron chi connectivity index (χ0n) is 31.5. The van der Waals surface area contributed by atoms with Gasteiger partial charge in [0.1, 0.15) is 36.6 Å². The highest BCUT2D eigenvalue weighted by Crippen LogP contribution is 2.47. The van der Waals surface area contributed by atoms with E-state index in [-0.39, 0.29) is 12.8 Å². The Morgan fingerprint density at radius 1 is 0.608 bits per heavy atom. The molecule has 51 heavy (non-hydrogen) atoms. The van der Waals surface area contributed by atoms with Gasteiger partial charge in [0.2, 0.25) is 5.91 Å². The van der Waals surface area contributed by atoms with E-state index in [0.717, 1.165) is 38.5 Å². The van der Waals surface area contributed by atoms with E-state index in [1.54, 1.807) is 0 Å². The summed E-state index contributed by atoms with van der Waals surface area (Å²) in [6.07, 6.45) is 11.6. The van der Waals surface area contributed by atoms with Gasteiger partial charge in [0.25, 0.3) is 0 Å². The number of hydrogen-bond donors (Lipinski definition) is 9. The standard InChI is InChI=1S/C37H74NO12P/c1-3-5-7-8-9-10-11-12-13-14-15-16-17-18-19-20-21-23-24-28(39)26-31(41)38-29(30(40)25-22-6-4-2)27-49-51(47,48)50-37-35(45)33(43)32(42)34(44)36(37)46/h28-30,32-37,39-40,42-46H,3-27H2,1-2H3,(H,38,41)(H,47,48). The smallest absolute Gasteiger partial charge is 0.393 e. The third kappa shape index (κ3) is 21.7. The minimum atomic E-state index is -5.08. The molecule has 0 radical (unpaired) electrons. The van der Waals surface area contributed by atoms with E-state index in [0.29, 0.717) is 12.8 Å². The van der Waals surface area contributed by atoms with Crippen LogP contribution in [0.2, 0.25) is 0 Å². The monoisotopic (exact) mass is 755 g/mol. The second-order valence-corrected chi connectivity index (χ2v) is 16.1. The van der Waals surface area contributed by atoms with Gasteiger partial charge in [-0.15, -0.1) is 0 Å². The molecule has 1 aliphatic carbocycles. The van der Waals surface area contributed by atoms with Gasteiger partial charge in [-0.05, 0) is 12.8 Å².